The Balaban J connectivity index is 0.00000161. The lowest BCUT2D eigenvalue weighted by molar-refractivity contribution is 0.0559. The highest BCUT2D eigenvalue weighted by Crippen LogP contribution is 2.32. The first-order valence-corrected chi connectivity index (χ1v) is 7.58. The summed E-state index contributed by atoms with van der Waals surface area (Å²) in [5.74, 6) is 0.434. The molecule has 0 spiro atoms. The molecule has 3 rings (SSSR count). The van der Waals surface area contributed by atoms with Gasteiger partial charge in [0.1, 0.15) is 5.82 Å². The predicted octanol–water partition coefficient (Wildman–Crippen LogP) is 3.12. The zero-order valence-electron chi connectivity index (χ0n) is 12.4. The molecule has 0 radical (unpaired) electrons. The van der Waals surface area contributed by atoms with E-state index in [1.165, 1.54) is 12.8 Å². The zero-order chi connectivity index (χ0) is 13.9. The third kappa shape index (κ3) is 3.87. The summed E-state index contributed by atoms with van der Waals surface area (Å²) in [6.45, 7) is 4.34. The molecule has 0 amide bonds. The normalized spacial score (nSPS) is 29.0. The van der Waals surface area contributed by atoms with Gasteiger partial charge in [-0.15, -0.1) is 12.4 Å². The van der Waals surface area contributed by atoms with E-state index in [-0.39, 0.29) is 18.2 Å². The van der Waals surface area contributed by atoms with Crippen LogP contribution < -0.4 is 10.6 Å². The second kappa shape index (κ2) is 7.43. The average molecular weight is 315 g/mol. The fraction of sp³-hybridized carbons (Fsp3) is 0.625. The van der Waals surface area contributed by atoms with Crippen LogP contribution in [-0.2, 0) is 4.74 Å². The molecule has 1 heterocycles. The fourth-order valence-corrected chi connectivity index (χ4v) is 3.41. The van der Waals surface area contributed by atoms with Crippen molar-refractivity contribution < 1.29 is 9.13 Å². The van der Waals surface area contributed by atoms with Crippen LogP contribution in [0.5, 0.6) is 0 Å². The van der Waals surface area contributed by atoms with E-state index < -0.39 is 0 Å². The summed E-state index contributed by atoms with van der Waals surface area (Å²) in [6.07, 6.45) is 3.60. The Kier molecular flexibility index (Phi) is 5.85. The van der Waals surface area contributed by atoms with Crippen molar-refractivity contribution in [3.63, 3.8) is 0 Å². The Hall–Kier alpha value is -0.840. The minimum Gasteiger partial charge on any atom is -0.382 e. The van der Waals surface area contributed by atoms with E-state index in [0.29, 0.717) is 23.6 Å². The first-order valence-electron chi connectivity index (χ1n) is 7.58. The number of hydrogen-bond donors (Lipinski definition) is 2. The van der Waals surface area contributed by atoms with Crippen LogP contribution in [0.2, 0.25) is 0 Å². The molecule has 2 N–H and O–H groups in total. The molecule has 1 aromatic carbocycles. The monoisotopic (exact) mass is 314 g/mol. The molecule has 1 saturated carbocycles. The molecule has 1 aliphatic heterocycles. The molecular formula is C16H24ClFN2O. The lowest BCUT2D eigenvalue weighted by Gasteiger charge is -2.33. The topological polar surface area (TPSA) is 33.3 Å². The second-order valence-electron chi connectivity index (χ2n) is 5.95. The Morgan fingerprint density at radius 2 is 2.19 bits per heavy atom. The number of morpholine rings is 1. The SMILES string of the molecule is Cc1ccc(NC2CCCC2C2COCCN2)cc1F.Cl. The molecule has 118 valence electrons. The number of ether oxygens (including phenoxy) is 1. The van der Waals surface area contributed by atoms with Crippen molar-refractivity contribution in [2.24, 2.45) is 5.92 Å². The Bertz CT molecular complexity index is 466. The van der Waals surface area contributed by atoms with Crippen LogP contribution in [0, 0.1) is 18.7 Å². The molecule has 5 heteroatoms. The molecule has 3 atom stereocenters. The van der Waals surface area contributed by atoms with Gasteiger partial charge in [-0.2, -0.15) is 0 Å². The van der Waals surface area contributed by atoms with Crippen molar-refractivity contribution in [1.82, 2.24) is 5.32 Å². The molecular weight excluding hydrogens is 291 g/mol. The van der Waals surface area contributed by atoms with Crippen molar-refractivity contribution in [3.05, 3.63) is 29.6 Å². The minimum atomic E-state index is -0.135. The van der Waals surface area contributed by atoms with Crippen molar-refractivity contribution in [1.29, 1.82) is 0 Å². The highest BCUT2D eigenvalue weighted by atomic mass is 35.5. The molecule has 1 saturated heterocycles. The number of nitrogens with one attached hydrogen (secondary N) is 2. The van der Waals surface area contributed by atoms with Crippen LogP contribution in [-0.4, -0.2) is 31.8 Å². The Morgan fingerprint density at radius 3 is 2.90 bits per heavy atom. The van der Waals surface area contributed by atoms with Crippen molar-refractivity contribution in [3.8, 4) is 0 Å². The summed E-state index contributed by atoms with van der Waals surface area (Å²) < 4.78 is 19.2. The highest BCUT2D eigenvalue weighted by molar-refractivity contribution is 5.85. The summed E-state index contributed by atoms with van der Waals surface area (Å²) in [6, 6.07) is 6.26. The second-order valence-corrected chi connectivity index (χ2v) is 5.95. The third-order valence-corrected chi connectivity index (χ3v) is 4.56. The summed E-state index contributed by atoms with van der Waals surface area (Å²) in [4.78, 5) is 0. The summed E-state index contributed by atoms with van der Waals surface area (Å²) in [5, 5.41) is 7.08. The van der Waals surface area contributed by atoms with Gasteiger partial charge in [0.05, 0.1) is 13.2 Å². The van der Waals surface area contributed by atoms with Gasteiger partial charge in [0.25, 0.3) is 0 Å². The molecule has 0 aromatic heterocycles. The standard InChI is InChI=1S/C16H23FN2O.ClH/c1-11-5-6-12(9-14(11)17)19-15-4-2-3-13(15)16-10-20-8-7-18-16;/h5-6,9,13,15-16,18-19H,2-4,7-8,10H2,1H3;1H. The van der Waals surface area contributed by atoms with Crippen LogP contribution in [0.1, 0.15) is 24.8 Å². The third-order valence-electron chi connectivity index (χ3n) is 4.56. The molecule has 2 fully saturated rings. The molecule has 3 nitrogen and oxygen atoms in total. The first-order chi connectivity index (χ1) is 9.74. The van der Waals surface area contributed by atoms with Crippen molar-refractivity contribution in [2.75, 3.05) is 25.1 Å². The van der Waals surface area contributed by atoms with E-state index >= 15 is 0 Å². The van der Waals surface area contributed by atoms with E-state index in [1.807, 2.05) is 12.1 Å². The van der Waals surface area contributed by atoms with Gasteiger partial charge in [0.2, 0.25) is 0 Å². The summed E-state index contributed by atoms with van der Waals surface area (Å²) >= 11 is 0. The van der Waals surface area contributed by atoms with Gasteiger partial charge in [0, 0.05) is 24.3 Å². The summed E-state index contributed by atoms with van der Waals surface area (Å²) in [7, 11) is 0. The minimum absolute atomic E-state index is 0. The molecule has 3 unspecified atom stereocenters. The smallest absolute Gasteiger partial charge is 0.128 e. The molecule has 0 bridgehead atoms. The molecule has 1 aliphatic carbocycles. The maximum Gasteiger partial charge on any atom is 0.128 e. The lowest BCUT2D eigenvalue weighted by atomic mass is 9.93. The lowest BCUT2D eigenvalue weighted by Crippen LogP contribution is -2.49. The quantitative estimate of drug-likeness (QED) is 0.899. The van der Waals surface area contributed by atoms with E-state index in [2.05, 4.69) is 10.6 Å². The molecule has 2 aliphatic rings. The number of hydrogen-bond acceptors (Lipinski definition) is 3. The van der Waals surface area contributed by atoms with E-state index in [0.717, 1.165) is 31.9 Å². The van der Waals surface area contributed by atoms with Gasteiger partial charge in [-0.1, -0.05) is 12.5 Å². The maximum atomic E-state index is 13.6. The van der Waals surface area contributed by atoms with E-state index in [1.54, 1.807) is 13.0 Å². The average Bonchev–Trinajstić information content (AvgIpc) is 2.92. The van der Waals surface area contributed by atoms with E-state index in [4.69, 9.17) is 4.74 Å². The van der Waals surface area contributed by atoms with Gasteiger partial charge >= 0.3 is 0 Å². The van der Waals surface area contributed by atoms with E-state index in [9.17, 15) is 4.39 Å². The van der Waals surface area contributed by atoms with Crippen LogP contribution >= 0.6 is 12.4 Å². The summed E-state index contributed by atoms with van der Waals surface area (Å²) in [5.41, 5.74) is 1.59. The Morgan fingerprint density at radius 1 is 1.33 bits per heavy atom. The highest BCUT2D eigenvalue weighted by Gasteiger charge is 2.34. The van der Waals surface area contributed by atoms with Gasteiger partial charge in [-0.25, -0.2) is 4.39 Å². The number of aryl methyl sites for hydroxylation is 1. The first kappa shape index (κ1) is 16.5. The molecule has 21 heavy (non-hydrogen) atoms. The van der Waals surface area contributed by atoms with Crippen molar-refractivity contribution >= 4 is 18.1 Å². The van der Waals surface area contributed by atoms with Gasteiger partial charge < -0.3 is 15.4 Å². The van der Waals surface area contributed by atoms with Gasteiger partial charge in [0.15, 0.2) is 0 Å². The Labute approximate surface area is 132 Å². The van der Waals surface area contributed by atoms with Gasteiger partial charge in [-0.3, -0.25) is 0 Å². The van der Waals surface area contributed by atoms with Crippen LogP contribution in [0.3, 0.4) is 0 Å². The van der Waals surface area contributed by atoms with Crippen LogP contribution in [0.15, 0.2) is 18.2 Å². The predicted molar refractivity (Wildman–Crippen MR) is 85.7 cm³/mol. The zero-order valence-corrected chi connectivity index (χ0v) is 13.2. The molecule has 1 aromatic rings. The number of rotatable bonds is 3. The van der Waals surface area contributed by atoms with Crippen molar-refractivity contribution in [2.45, 2.75) is 38.3 Å². The fourth-order valence-electron chi connectivity index (χ4n) is 3.41. The number of halogens is 2. The van der Waals surface area contributed by atoms with Gasteiger partial charge in [-0.05, 0) is 43.4 Å². The largest absolute Gasteiger partial charge is 0.382 e. The van der Waals surface area contributed by atoms with Crippen LogP contribution in [0.4, 0.5) is 10.1 Å². The number of anilines is 1. The maximum absolute atomic E-state index is 13.6. The van der Waals surface area contributed by atoms with Crippen LogP contribution in [0.25, 0.3) is 0 Å². The number of benzene rings is 1.